The Morgan fingerprint density at radius 2 is 1.80 bits per heavy atom. The lowest BCUT2D eigenvalue weighted by molar-refractivity contribution is 0.595. The molecule has 1 heterocycles. The highest BCUT2D eigenvalue weighted by Gasteiger charge is 2.21. The Bertz CT molecular complexity index is 641. The first-order valence-corrected chi connectivity index (χ1v) is 6.43. The van der Waals surface area contributed by atoms with Gasteiger partial charge in [-0.1, -0.05) is 0 Å². The fraction of sp³-hybridized carbons (Fsp3) is 0.286. The van der Waals surface area contributed by atoms with Crippen LogP contribution in [0, 0.1) is 18.6 Å². The molecule has 0 unspecified atom stereocenters. The molecule has 20 heavy (non-hydrogen) atoms. The molecule has 1 saturated carbocycles. The molecule has 3 rings (SSSR count). The Balaban J connectivity index is 1.81. The van der Waals surface area contributed by atoms with Gasteiger partial charge in [0.05, 0.1) is 5.69 Å². The van der Waals surface area contributed by atoms with Crippen molar-refractivity contribution in [2.45, 2.75) is 25.8 Å². The number of hydrogen-bond acceptors (Lipinski definition) is 4. The number of rotatable bonds is 4. The highest BCUT2D eigenvalue weighted by Crippen LogP contribution is 2.26. The second-order valence-electron chi connectivity index (χ2n) is 4.91. The average Bonchev–Trinajstić information content (AvgIpc) is 3.20. The first-order valence-electron chi connectivity index (χ1n) is 6.43. The normalized spacial score (nSPS) is 14.2. The van der Waals surface area contributed by atoms with Gasteiger partial charge in [-0.15, -0.1) is 0 Å². The molecule has 4 nitrogen and oxygen atoms in total. The molecule has 1 aromatic heterocycles. The Morgan fingerprint density at radius 1 is 1.05 bits per heavy atom. The smallest absolute Gasteiger partial charge is 0.147 e. The molecule has 1 fully saturated rings. The SMILES string of the molecule is Cc1cc(F)c(Nc2cc(NC3CC3)ncn2)cc1F. The lowest BCUT2D eigenvalue weighted by Crippen LogP contribution is -2.05. The molecule has 0 spiro atoms. The van der Waals surface area contributed by atoms with Crippen molar-refractivity contribution in [1.29, 1.82) is 0 Å². The number of hydrogen-bond donors (Lipinski definition) is 2. The molecule has 0 bridgehead atoms. The van der Waals surface area contributed by atoms with Crippen LogP contribution >= 0.6 is 0 Å². The Kier molecular flexibility index (Phi) is 3.22. The Labute approximate surface area is 115 Å². The number of benzene rings is 1. The molecule has 0 aliphatic heterocycles. The van der Waals surface area contributed by atoms with Crippen molar-refractivity contribution in [3.05, 3.63) is 41.7 Å². The van der Waals surface area contributed by atoms with Crippen LogP contribution in [0.4, 0.5) is 26.1 Å². The summed E-state index contributed by atoms with van der Waals surface area (Å²) in [6, 6.07) is 4.42. The third-order valence-electron chi connectivity index (χ3n) is 3.11. The van der Waals surface area contributed by atoms with E-state index in [0.29, 0.717) is 17.7 Å². The van der Waals surface area contributed by atoms with E-state index in [1.165, 1.54) is 13.3 Å². The maximum atomic E-state index is 13.7. The molecule has 1 aliphatic carbocycles. The zero-order valence-electron chi connectivity index (χ0n) is 11.0. The molecular weight excluding hydrogens is 262 g/mol. The third kappa shape index (κ3) is 2.84. The minimum absolute atomic E-state index is 0.0594. The summed E-state index contributed by atoms with van der Waals surface area (Å²) in [6.45, 7) is 1.52. The van der Waals surface area contributed by atoms with Gasteiger partial charge in [0.15, 0.2) is 0 Å². The first-order chi connectivity index (χ1) is 9.61. The van der Waals surface area contributed by atoms with Gasteiger partial charge in [0, 0.05) is 18.2 Å². The molecule has 104 valence electrons. The maximum Gasteiger partial charge on any atom is 0.147 e. The van der Waals surface area contributed by atoms with Crippen molar-refractivity contribution in [3.63, 3.8) is 0 Å². The van der Waals surface area contributed by atoms with Crippen LogP contribution in [0.1, 0.15) is 18.4 Å². The van der Waals surface area contributed by atoms with E-state index in [0.717, 1.165) is 25.0 Å². The van der Waals surface area contributed by atoms with Crippen molar-refractivity contribution in [1.82, 2.24) is 9.97 Å². The van der Waals surface area contributed by atoms with E-state index in [-0.39, 0.29) is 11.3 Å². The summed E-state index contributed by atoms with van der Waals surface area (Å²) < 4.78 is 27.2. The molecule has 2 aromatic rings. The summed E-state index contributed by atoms with van der Waals surface area (Å²) in [4.78, 5) is 8.09. The Morgan fingerprint density at radius 3 is 2.55 bits per heavy atom. The minimum Gasteiger partial charge on any atom is -0.367 e. The zero-order valence-corrected chi connectivity index (χ0v) is 11.0. The van der Waals surface area contributed by atoms with Crippen molar-refractivity contribution >= 4 is 17.3 Å². The van der Waals surface area contributed by atoms with Crippen molar-refractivity contribution < 1.29 is 8.78 Å². The third-order valence-corrected chi connectivity index (χ3v) is 3.11. The highest BCUT2D eigenvalue weighted by atomic mass is 19.1. The van der Waals surface area contributed by atoms with Gasteiger partial charge < -0.3 is 10.6 Å². The summed E-state index contributed by atoms with van der Waals surface area (Å²) in [5.41, 5.74) is 0.330. The Hall–Kier alpha value is -2.24. The molecule has 0 atom stereocenters. The fourth-order valence-electron chi connectivity index (χ4n) is 1.82. The second-order valence-corrected chi connectivity index (χ2v) is 4.91. The van der Waals surface area contributed by atoms with Gasteiger partial charge in [-0.3, -0.25) is 0 Å². The van der Waals surface area contributed by atoms with Gasteiger partial charge in [-0.2, -0.15) is 0 Å². The topological polar surface area (TPSA) is 49.8 Å². The van der Waals surface area contributed by atoms with E-state index in [4.69, 9.17) is 0 Å². The summed E-state index contributed by atoms with van der Waals surface area (Å²) >= 11 is 0. The largest absolute Gasteiger partial charge is 0.367 e. The van der Waals surface area contributed by atoms with E-state index in [2.05, 4.69) is 20.6 Å². The predicted molar refractivity (Wildman–Crippen MR) is 73.1 cm³/mol. The van der Waals surface area contributed by atoms with Gasteiger partial charge in [0.1, 0.15) is 29.6 Å². The standard InChI is InChI=1S/C14H14F2N4/c1-8-4-11(16)12(5-10(8)15)20-14-6-13(17-7-18-14)19-9-2-3-9/h4-7,9H,2-3H2,1H3,(H2,17,18,19,20). The molecule has 1 aromatic carbocycles. The molecule has 1 aliphatic rings. The quantitative estimate of drug-likeness (QED) is 0.898. The van der Waals surface area contributed by atoms with E-state index in [9.17, 15) is 8.78 Å². The number of anilines is 3. The van der Waals surface area contributed by atoms with Crippen LogP contribution in [-0.2, 0) is 0 Å². The van der Waals surface area contributed by atoms with Gasteiger partial charge in [0.25, 0.3) is 0 Å². The van der Waals surface area contributed by atoms with Gasteiger partial charge in [-0.05, 0) is 31.4 Å². The number of nitrogens with one attached hydrogen (secondary N) is 2. The summed E-state index contributed by atoms with van der Waals surface area (Å²) in [6.07, 6.45) is 3.64. The first kappa shape index (κ1) is 12.8. The average molecular weight is 276 g/mol. The molecular formula is C14H14F2N4. The summed E-state index contributed by atoms with van der Waals surface area (Å²) in [7, 11) is 0. The van der Waals surface area contributed by atoms with Crippen LogP contribution in [0.15, 0.2) is 24.5 Å². The molecule has 0 radical (unpaired) electrons. The zero-order chi connectivity index (χ0) is 14.1. The highest BCUT2D eigenvalue weighted by molar-refractivity contribution is 5.60. The molecule has 0 amide bonds. The van der Waals surface area contributed by atoms with Crippen molar-refractivity contribution in [2.75, 3.05) is 10.6 Å². The van der Waals surface area contributed by atoms with Gasteiger partial charge >= 0.3 is 0 Å². The fourth-order valence-corrected chi connectivity index (χ4v) is 1.82. The van der Waals surface area contributed by atoms with E-state index >= 15 is 0 Å². The number of aromatic nitrogens is 2. The number of halogens is 2. The number of aryl methyl sites for hydroxylation is 1. The van der Waals surface area contributed by atoms with Crippen LogP contribution in [0.2, 0.25) is 0 Å². The predicted octanol–water partition coefficient (Wildman–Crippen LogP) is 3.38. The molecule has 2 N–H and O–H groups in total. The van der Waals surface area contributed by atoms with Crippen molar-refractivity contribution in [2.24, 2.45) is 0 Å². The van der Waals surface area contributed by atoms with Crippen molar-refractivity contribution in [3.8, 4) is 0 Å². The lowest BCUT2D eigenvalue weighted by atomic mass is 10.2. The van der Waals surface area contributed by atoms with E-state index < -0.39 is 11.6 Å². The summed E-state index contributed by atoms with van der Waals surface area (Å²) in [5, 5.41) is 5.99. The minimum atomic E-state index is -0.515. The van der Waals surface area contributed by atoms with Gasteiger partial charge in [-0.25, -0.2) is 18.7 Å². The summed E-state index contributed by atoms with van der Waals surface area (Å²) in [5.74, 6) is 0.127. The van der Waals surface area contributed by atoms with Crippen LogP contribution in [0.5, 0.6) is 0 Å². The van der Waals surface area contributed by atoms with Crippen LogP contribution in [0.25, 0.3) is 0 Å². The monoisotopic (exact) mass is 276 g/mol. The maximum absolute atomic E-state index is 13.7. The van der Waals surface area contributed by atoms with E-state index in [1.807, 2.05) is 0 Å². The van der Waals surface area contributed by atoms with Crippen LogP contribution in [0.3, 0.4) is 0 Å². The molecule has 6 heteroatoms. The lowest BCUT2D eigenvalue weighted by Gasteiger charge is -2.09. The molecule has 0 saturated heterocycles. The second kappa shape index (κ2) is 5.03. The van der Waals surface area contributed by atoms with E-state index in [1.54, 1.807) is 6.07 Å². The van der Waals surface area contributed by atoms with Crippen LogP contribution < -0.4 is 10.6 Å². The van der Waals surface area contributed by atoms with Crippen LogP contribution in [-0.4, -0.2) is 16.0 Å². The van der Waals surface area contributed by atoms with Gasteiger partial charge in [0.2, 0.25) is 0 Å². The number of nitrogens with zero attached hydrogens (tertiary/aromatic N) is 2.